The van der Waals surface area contributed by atoms with Crippen molar-refractivity contribution in [2.24, 2.45) is 7.05 Å². The molecule has 1 aromatic heterocycles. The Balaban J connectivity index is 2.74. The number of carbonyl (C=O) groups excluding carboxylic acids is 1. The zero-order chi connectivity index (χ0) is 15.2. The molecule has 1 aromatic carbocycles. The molecule has 9 heteroatoms. The minimum absolute atomic E-state index is 0.276. The van der Waals surface area contributed by atoms with Gasteiger partial charge in [-0.1, -0.05) is 11.6 Å². The Labute approximate surface area is 113 Å². The van der Waals surface area contributed by atoms with Crippen molar-refractivity contribution in [3.63, 3.8) is 0 Å². The third kappa shape index (κ3) is 1.96. The Bertz CT molecular complexity index is 680. The monoisotopic (exact) mass is 310 g/mol. The van der Waals surface area contributed by atoms with Crippen molar-refractivity contribution in [1.29, 1.82) is 0 Å². The molecular formula is C11H4ClF5N2O. The molecule has 2 rings (SSSR count). The Morgan fingerprint density at radius 1 is 1.05 bits per heavy atom. The van der Waals surface area contributed by atoms with Gasteiger partial charge in [-0.3, -0.25) is 9.48 Å². The lowest BCUT2D eigenvalue weighted by Crippen LogP contribution is -2.16. The maximum atomic E-state index is 13.5. The van der Waals surface area contributed by atoms with Crippen LogP contribution in [0.15, 0.2) is 6.20 Å². The van der Waals surface area contributed by atoms with E-state index in [1.165, 1.54) is 7.05 Å². The van der Waals surface area contributed by atoms with Crippen molar-refractivity contribution in [2.45, 2.75) is 0 Å². The Kier molecular flexibility index (Phi) is 3.51. The van der Waals surface area contributed by atoms with Gasteiger partial charge < -0.3 is 0 Å². The first kappa shape index (κ1) is 14.4. The highest BCUT2D eigenvalue weighted by atomic mass is 35.5. The van der Waals surface area contributed by atoms with Gasteiger partial charge in [0, 0.05) is 7.05 Å². The van der Waals surface area contributed by atoms with Crippen LogP contribution in [0.1, 0.15) is 16.1 Å². The van der Waals surface area contributed by atoms with E-state index in [9.17, 15) is 26.7 Å². The summed E-state index contributed by atoms with van der Waals surface area (Å²) in [5.41, 5.74) is -2.07. The summed E-state index contributed by atoms with van der Waals surface area (Å²) in [6.45, 7) is 0. The minimum Gasteiger partial charge on any atom is -0.287 e. The summed E-state index contributed by atoms with van der Waals surface area (Å²) in [6, 6.07) is 0. The molecule has 1 heterocycles. The highest BCUT2D eigenvalue weighted by molar-refractivity contribution is 6.34. The predicted octanol–water partition coefficient (Wildman–Crippen LogP) is 3.00. The number of rotatable bonds is 2. The number of aromatic nitrogens is 2. The molecule has 0 aliphatic heterocycles. The number of hydrogen-bond acceptors (Lipinski definition) is 2. The van der Waals surface area contributed by atoms with E-state index < -0.39 is 46.1 Å². The molecule has 0 radical (unpaired) electrons. The SMILES string of the molecule is Cn1ncc(Cl)c1C(=O)c1c(F)c(F)c(F)c(F)c1F. The van der Waals surface area contributed by atoms with Crippen molar-refractivity contribution < 1.29 is 26.7 Å². The molecule has 0 fully saturated rings. The highest BCUT2D eigenvalue weighted by Crippen LogP contribution is 2.27. The van der Waals surface area contributed by atoms with Crippen LogP contribution in [0.3, 0.4) is 0 Å². The third-order valence-corrected chi connectivity index (χ3v) is 2.82. The van der Waals surface area contributed by atoms with Crippen LogP contribution in [0.2, 0.25) is 5.02 Å². The molecular weight excluding hydrogens is 307 g/mol. The molecule has 0 amide bonds. The van der Waals surface area contributed by atoms with Crippen LogP contribution in [-0.4, -0.2) is 15.6 Å². The number of ketones is 1. The van der Waals surface area contributed by atoms with Crippen molar-refractivity contribution in [2.75, 3.05) is 0 Å². The van der Waals surface area contributed by atoms with E-state index in [1.807, 2.05) is 0 Å². The number of benzene rings is 1. The lowest BCUT2D eigenvalue weighted by molar-refractivity contribution is 0.101. The second-order valence-electron chi connectivity index (χ2n) is 3.74. The zero-order valence-electron chi connectivity index (χ0n) is 9.65. The van der Waals surface area contributed by atoms with Gasteiger partial charge in [0.05, 0.1) is 11.2 Å². The van der Waals surface area contributed by atoms with Gasteiger partial charge in [0.25, 0.3) is 0 Å². The largest absolute Gasteiger partial charge is 0.287 e. The van der Waals surface area contributed by atoms with Gasteiger partial charge in [-0.15, -0.1) is 0 Å². The number of hydrogen-bond donors (Lipinski definition) is 0. The van der Waals surface area contributed by atoms with Crippen LogP contribution in [0.25, 0.3) is 0 Å². The fourth-order valence-corrected chi connectivity index (χ4v) is 1.84. The van der Waals surface area contributed by atoms with E-state index in [-0.39, 0.29) is 5.02 Å². The molecule has 0 bridgehead atoms. The first-order valence-corrected chi connectivity index (χ1v) is 5.38. The van der Waals surface area contributed by atoms with Crippen LogP contribution in [0.5, 0.6) is 0 Å². The van der Waals surface area contributed by atoms with Gasteiger partial charge in [0.1, 0.15) is 11.3 Å². The van der Waals surface area contributed by atoms with Crippen molar-refractivity contribution in [1.82, 2.24) is 9.78 Å². The van der Waals surface area contributed by atoms with Crippen molar-refractivity contribution >= 4 is 17.4 Å². The smallest absolute Gasteiger partial charge is 0.218 e. The second-order valence-corrected chi connectivity index (χ2v) is 4.15. The molecule has 0 spiro atoms. The topological polar surface area (TPSA) is 34.9 Å². The molecule has 0 atom stereocenters. The average Bonchev–Trinajstić information content (AvgIpc) is 2.73. The van der Waals surface area contributed by atoms with Crippen LogP contribution in [-0.2, 0) is 7.05 Å². The normalized spacial score (nSPS) is 10.9. The van der Waals surface area contributed by atoms with Crippen LogP contribution < -0.4 is 0 Å². The molecule has 0 saturated carbocycles. The fourth-order valence-electron chi connectivity index (χ4n) is 1.59. The van der Waals surface area contributed by atoms with Gasteiger partial charge in [0.2, 0.25) is 11.6 Å². The number of aryl methyl sites for hydroxylation is 1. The number of carbonyl (C=O) groups is 1. The second kappa shape index (κ2) is 4.86. The Morgan fingerprint density at radius 3 is 1.90 bits per heavy atom. The first-order chi connectivity index (χ1) is 9.27. The molecule has 0 saturated heterocycles. The molecule has 0 aliphatic carbocycles. The zero-order valence-corrected chi connectivity index (χ0v) is 10.4. The summed E-state index contributed by atoms with van der Waals surface area (Å²) < 4.78 is 66.8. The van der Waals surface area contributed by atoms with Crippen molar-refractivity contribution in [3.05, 3.63) is 51.6 Å². The highest BCUT2D eigenvalue weighted by Gasteiger charge is 2.32. The van der Waals surface area contributed by atoms with Crippen LogP contribution in [0, 0.1) is 29.1 Å². The molecule has 0 aliphatic rings. The molecule has 0 N–H and O–H groups in total. The molecule has 3 nitrogen and oxygen atoms in total. The van der Waals surface area contributed by atoms with E-state index in [1.54, 1.807) is 0 Å². The average molecular weight is 311 g/mol. The first-order valence-electron chi connectivity index (χ1n) is 5.01. The summed E-state index contributed by atoms with van der Waals surface area (Å²) >= 11 is 5.59. The maximum absolute atomic E-state index is 13.5. The van der Waals surface area contributed by atoms with Gasteiger partial charge in [-0.05, 0) is 0 Å². The predicted molar refractivity (Wildman–Crippen MR) is 57.9 cm³/mol. The van der Waals surface area contributed by atoms with Gasteiger partial charge in [-0.25, -0.2) is 22.0 Å². The molecule has 106 valence electrons. The third-order valence-electron chi connectivity index (χ3n) is 2.55. The van der Waals surface area contributed by atoms with E-state index >= 15 is 0 Å². The minimum atomic E-state index is -2.34. The van der Waals surface area contributed by atoms with Gasteiger partial charge >= 0.3 is 0 Å². The summed E-state index contributed by atoms with van der Waals surface area (Å²) in [7, 11) is 1.23. The lowest BCUT2D eigenvalue weighted by Gasteiger charge is -2.07. The van der Waals surface area contributed by atoms with E-state index in [2.05, 4.69) is 5.10 Å². The standard InChI is InChI=1S/C11H4ClF5N2O/c1-19-10(3(12)2-18-19)11(20)4-5(13)7(15)9(17)8(16)6(4)14/h2H,1H3. The maximum Gasteiger partial charge on any atom is 0.218 e. The summed E-state index contributed by atoms with van der Waals surface area (Å²) in [5.74, 6) is -12.6. The summed E-state index contributed by atoms with van der Waals surface area (Å²) in [5, 5.41) is 3.27. The number of nitrogens with zero attached hydrogens (tertiary/aromatic N) is 2. The quantitative estimate of drug-likeness (QED) is 0.370. The van der Waals surface area contributed by atoms with Crippen LogP contribution in [0.4, 0.5) is 22.0 Å². The van der Waals surface area contributed by atoms with E-state index in [4.69, 9.17) is 11.6 Å². The summed E-state index contributed by atoms with van der Waals surface area (Å²) in [6.07, 6.45) is 1.00. The number of halogens is 6. The van der Waals surface area contributed by atoms with Gasteiger partial charge in [-0.2, -0.15) is 5.10 Å². The van der Waals surface area contributed by atoms with Crippen LogP contribution >= 0.6 is 11.6 Å². The summed E-state index contributed by atoms with van der Waals surface area (Å²) in [4.78, 5) is 11.9. The molecule has 2 aromatic rings. The lowest BCUT2D eigenvalue weighted by atomic mass is 10.1. The Morgan fingerprint density at radius 2 is 1.50 bits per heavy atom. The van der Waals surface area contributed by atoms with E-state index in [0.29, 0.717) is 0 Å². The van der Waals surface area contributed by atoms with Crippen molar-refractivity contribution in [3.8, 4) is 0 Å². The molecule has 20 heavy (non-hydrogen) atoms. The molecule has 0 unspecified atom stereocenters. The fraction of sp³-hybridized carbons (Fsp3) is 0.0909. The van der Waals surface area contributed by atoms with E-state index in [0.717, 1.165) is 10.9 Å². The van der Waals surface area contributed by atoms with Gasteiger partial charge in [0.15, 0.2) is 23.3 Å². The Hall–Kier alpha value is -1.96.